The third-order valence-corrected chi connectivity index (χ3v) is 5.40. The number of benzene rings is 1. The molecule has 0 radical (unpaired) electrons. The fourth-order valence-corrected chi connectivity index (χ4v) is 3.61. The number of rotatable bonds is 5. The van der Waals surface area contributed by atoms with Gasteiger partial charge in [-0.1, -0.05) is 18.2 Å². The lowest BCUT2D eigenvalue weighted by Crippen LogP contribution is -2.30. The van der Waals surface area contributed by atoms with Crippen LogP contribution >= 0.6 is 0 Å². The Labute approximate surface area is 125 Å². The zero-order valence-corrected chi connectivity index (χ0v) is 13.0. The van der Waals surface area contributed by atoms with Gasteiger partial charge in [-0.3, -0.25) is 4.98 Å². The molecule has 1 heterocycles. The molecule has 0 unspecified atom stereocenters. The molecule has 112 valence electrons. The predicted molar refractivity (Wildman–Crippen MR) is 83.3 cm³/mol. The van der Waals surface area contributed by atoms with Gasteiger partial charge in [-0.2, -0.15) is 0 Å². The number of hydrogen-bond donors (Lipinski definition) is 1. The second-order valence-electron chi connectivity index (χ2n) is 4.89. The Kier molecular flexibility index (Phi) is 4.59. The van der Waals surface area contributed by atoms with Crippen molar-refractivity contribution in [1.29, 1.82) is 0 Å². The molecule has 0 spiro atoms. The average molecular weight is 305 g/mol. The minimum absolute atomic E-state index is 0.188. The molecule has 0 amide bonds. The van der Waals surface area contributed by atoms with Crippen LogP contribution in [0.5, 0.6) is 0 Å². The van der Waals surface area contributed by atoms with Crippen LogP contribution in [0.4, 0.5) is 5.69 Å². The number of likely N-dealkylation sites (N-methyl/N-ethyl adjacent to an activating group) is 1. The number of aromatic nitrogens is 1. The van der Waals surface area contributed by atoms with Gasteiger partial charge in [-0.15, -0.1) is 0 Å². The molecule has 0 bridgehead atoms. The predicted octanol–water partition coefficient (Wildman–Crippen LogP) is 1.84. The van der Waals surface area contributed by atoms with Crippen molar-refractivity contribution in [2.24, 2.45) is 0 Å². The summed E-state index contributed by atoms with van der Waals surface area (Å²) in [5, 5.41) is 0. The minimum atomic E-state index is -3.59. The Balaban J connectivity index is 2.19. The second kappa shape index (κ2) is 6.24. The van der Waals surface area contributed by atoms with Gasteiger partial charge in [0.15, 0.2) is 0 Å². The van der Waals surface area contributed by atoms with Gasteiger partial charge in [-0.05, 0) is 30.7 Å². The lowest BCUT2D eigenvalue weighted by Gasteiger charge is -2.19. The molecule has 2 aromatic rings. The molecule has 21 heavy (non-hydrogen) atoms. The third-order valence-electron chi connectivity index (χ3n) is 3.32. The van der Waals surface area contributed by atoms with E-state index in [4.69, 9.17) is 5.73 Å². The number of hydrogen-bond acceptors (Lipinski definition) is 4. The summed E-state index contributed by atoms with van der Waals surface area (Å²) < 4.78 is 26.6. The maximum atomic E-state index is 12.6. The molecular weight excluding hydrogens is 286 g/mol. The van der Waals surface area contributed by atoms with Crippen molar-refractivity contribution in [1.82, 2.24) is 9.29 Å². The van der Waals surface area contributed by atoms with Crippen molar-refractivity contribution in [2.45, 2.75) is 18.2 Å². The van der Waals surface area contributed by atoms with Gasteiger partial charge in [0.05, 0.1) is 5.69 Å². The maximum absolute atomic E-state index is 12.6. The maximum Gasteiger partial charge on any atom is 0.245 e. The zero-order valence-electron chi connectivity index (χ0n) is 12.2. The standard InChI is InChI=1S/C15H19N3O2S/c1-12-6-5-8-14(16)15(12)21(19,20)18(2)11-9-13-7-3-4-10-17-13/h3-8,10H,9,11,16H2,1-2H3. The van der Waals surface area contributed by atoms with E-state index in [-0.39, 0.29) is 10.6 Å². The summed E-state index contributed by atoms with van der Waals surface area (Å²) in [4.78, 5) is 4.38. The van der Waals surface area contributed by atoms with Crippen LogP contribution in [0.15, 0.2) is 47.5 Å². The van der Waals surface area contributed by atoms with Crippen LogP contribution < -0.4 is 5.73 Å². The number of nitrogens with zero attached hydrogens (tertiary/aromatic N) is 2. The molecule has 0 aliphatic carbocycles. The summed E-state index contributed by atoms with van der Waals surface area (Å²) in [7, 11) is -2.03. The summed E-state index contributed by atoms with van der Waals surface area (Å²) in [6, 6.07) is 10.7. The van der Waals surface area contributed by atoms with Crippen LogP contribution in [-0.4, -0.2) is 31.3 Å². The molecule has 0 fully saturated rings. The minimum Gasteiger partial charge on any atom is -0.398 e. The zero-order chi connectivity index (χ0) is 15.5. The quantitative estimate of drug-likeness (QED) is 0.855. The van der Waals surface area contributed by atoms with Crippen molar-refractivity contribution in [3.63, 3.8) is 0 Å². The van der Waals surface area contributed by atoms with Gasteiger partial charge < -0.3 is 5.73 Å². The Morgan fingerprint density at radius 2 is 1.95 bits per heavy atom. The highest BCUT2D eigenvalue weighted by molar-refractivity contribution is 7.89. The summed E-state index contributed by atoms with van der Waals surface area (Å²) in [6.45, 7) is 2.10. The number of nitrogen functional groups attached to an aromatic ring is 1. The van der Waals surface area contributed by atoms with E-state index in [9.17, 15) is 8.42 Å². The van der Waals surface area contributed by atoms with Crippen molar-refractivity contribution in [3.05, 3.63) is 53.9 Å². The average Bonchev–Trinajstić information content (AvgIpc) is 2.45. The third kappa shape index (κ3) is 3.40. The van der Waals surface area contributed by atoms with E-state index >= 15 is 0 Å². The van der Waals surface area contributed by atoms with Crippen molar-refractivity contribution < 1.29 is 8.42 Å². The molecule has 1 aromatic carbocycles. The fourth-order valence-electron chi connectivity index (χ4n) is 2.12. The van der Waals surface area contributed by atoms with Gasteiger partial charge in [0.25, 0.3) is 0 Å². The largest absolute Gasteiger partial charge is 0.398 e. The normalized spacial score (nSPS) is 11.8. The molecule has 0 aliphatic heterocycles. The highest BCUT2D eigenvalue weighted by Gasteiger charge is 2.24. The highest BCUT2D eigenvalue weighted by atomic mass is 32.2. The van der Waals surface area contributed by atoms with E-state index in [0.29, 0.717) is 18.5 Å². The first kappa shape index (κ1) is 15.5. The molecule has 2 N–H and O–H groups in total. The smallest absolute Gasteiger partial charge is 0.245 e. The van der Waals surface area contributed by atoms with Crippen molar-refractivity contribution >= 4 is 15.7 Å². The Morgan fingerprint density at radius 1 is 1.19 bits per heavy atom. The fraction of sp³-hybridized carbons (Fsp3) is 0.267. The van der Waals surface area contributed by atoms with Crippen LogP contribution in [-0.2, 0) is 16.4 Å². The van der Waals surface area contributed by atoms with Gasteiger partial charge in [0, 0.05) is 31.9 Å². The first-order valence-electron chi connectivity index (χ1n) is 6.64. The number of aryl methyl sites for hydroxylation is 1. The van der Waals surface area contributed by atoms with E-state index in [2.05, 4.69) is 4.98 Å². The van der Waals surface area contributed by atoms with Crippen LogP contribution in [0.1, 0.15) is 11.3 Å². The van der Waals surface area contributed by atoms with Crippen LogP contribution in [0, 0.1) is 6.92 Å². The van der Waals surface area contributed by atoms with E-state index in [1.54, 1.807) is 38.4 Å². The lowest BCUT2D eigenvalue weighted by molar-refractivity contribution is 0.471. The van der Waals surface area contributed by atoms with Crippen LogP contribution in [0.25, 0.3) is 0 Å². The second-order valence-corrected chi connectivity index (χ2v) is 6.87. The summed E-state index contributed by atoms with van der Waals surface area (Å²) in [6.07, 6.45) is 2.26. The summed E-state index contributed by atoms with van der Waals surface area (Å²) in [5.41, 5.74) is 7.62. The van der Waals surface area contributed by atoms with E-state index in [1.807, 2.05) is 18.2 Å². The molecule has 1 aromatic heterocycles. The van der Waals surface area contributed by atoms with Gasteiger partial charge >= 0.3 is 0 Å². The molecule has 0 atom stereocenters. The first-order valence-corrected chi connectivity index (χ1v) is 8.08. The monoisotopic (exact) mass is 305 g/mol. The summed E-state index contributed by atoms with van der Waals surface area (Å²) >= 11 is 0. The Morgan fingerprint density at radius 3 is 2.57 bits per heavy atom. The van der Waals surface area contributed by atoms with Crippen LogP contribution in [0.2, 0.25) is 0 Å². The SMILES string of the molecule is Cc1cccc(N)c1S(=O)(=O)N(C)CCc1ccccn1. The van der Waals surface area contributed by atoms with Gasteiger partial charge in [0.1, 0.15) is 4.90 Å². The molecule has 5 nitrogen and oxygen atoms in total. The lowest BCUT2D eigenvalue weighted by atomic mass is 10.2. The van der Waals surface area contributed by atoms with Crippen molar-refractivity contribution in [2.75, 3.05) is 19.3 Å². The Bertz CT molecular complexity index is 695. The number of sulfonamides is 1. The Hall–Kier alpha value is -1.92. The van der Waals surface area contributed by atoms with Gasteiger partial charge in [0.2, 0.25) is 10.0 Å². The van der Waals surface area contributed by atoms with Crippen LogP contribution in [0.3, 0.4) is 0 Å². The number of pyridine rings is 1. The molecule has 0 aliphatic rings. The van der Waals surface area contributed by atoms with Crippen molar-refractivity contribution in [3.8, 4) is 0 Å². The molecular formula is C15H19N3O2S. The topological polar surface area (TPSA) is 76.3 Å². The highest BCUT2D eigenvalue weighted by Crippen LogP contribution is 2.25. The van der Waals surface area contributed by atoms with Gasteiger partial charge in [-0.25, -0.2) is 12.7 Å². The van der Waals surface area contributed by atoms with E-state index in [0.717, 1.165) is 5.69 Å². The van der Waals surface area contributed by atoms with E-state index < -0.39 is 10.0 Å². The van der Waals surface area contributed by atoms with E-state index in [1.165, 1.54) is 4.31 Å². The molecule has 0 saturated heterocycles. The molecule has 2 rings (SSSR count). The molecule has 0 saturated carbocycles. The number of anilines is 1. The number of nitrogens with two attached hydrogens (primary N) is 1. The summed E-state index contributed by atoms with van der Waals surface area (Å²) in [5.74, 6) is 0. The molecule has 6 heteroatoms. The first-order chi connectivity index (χ1) is 9.93.